The quantitative estimate of drug-likeness (QED) is 0.356. The van der Waals surface area contributed by atoms with Gasteiger partial charge < -0.3 is 14.2 Å². The summed E-state index contributed by atoms with van der Waals surface area (Å²) in [5, 5.41) is 6.15. The second kappa shape index (κ2) is 9.41. The number of methoxy groups -OCH3 is 2. The van der Waals surface area contributed by atoms with Crippen LogP contribution in [0.25, 0.3) is 10.8 Å². The first-order valence-electron chi connectivity index (χ1n) is 8.98. The lowest BCUT2D eigenvalue weighted by Crippen LogP contribution is -2.17. The summed E-state index contributed by atoms with van der Waals surface area (Å²) < 4.78 is 16.2. The van der Waals surface area contributed by atoms with Crippen LogP contribution in [0.4, 0.5) is 0 Å². The Balaban J connectivity index is 1.80. The zero-order chi connectivity index (χ0) is 20.6. The zero-order valence-corrected chi connectivity index (χ0v) is 16.3. The van der Waals surface area contributed by atoms with Crippen LogP contribution in [0.2, 0.25) is 0 Å². The van der Waals surface area contributed by atoms with Gasteiger partial charge >= 0.3 is 0 Å². The van der Waals surface area contributed by atoms with Crippen molar-refractivity contribution >= 4 is 22.9 Å². The van der Waals surface area contributed by atoms with Crippen LogP contribution in [0.5, 0.6) is 17.2 Å². The summed E-state index contributed by atoms with van der Waals surface area (Å²) >= 11 is 0. The molecule has 3 rings (SSSR count). The SMILES string of the molecule is C=CCOc1ccc(C(=O)NN=Cc2c(OC)ccc3ccccc23)cc1OC. The fourth-order valence-corrected chi connectivity index (χ4v) is 2.88. The molecule has 148 valence electrons. The molecule has 6 heteroatoms. The lowest BCUT2D eigenvalue weighted by Gasteiger charge is -2.10. The van der Waals surface area contributed by atoms with Gasteiger partial charge in [-0.2, -0.15) is 5.10 Å². The summed E-state index contributed by atoms with van der Waals surface area (Å²) in [6.45, 7) is 3.96. The molecule has 0 aromatic heterocycles. The number of carbonyl (C=O) groups is 1. The highest BCUT2D eigenvalue weighted by atomic mass is 16.5. The molecule has 0 saturated carbocycles. The average molecular weight is 390 g/mol. The highest BCUT2D eigenvalue weighted by Crippen LogP contribution is 2.28. The molecule has 3 aromatic carbocycles. The molecule has 0 bridgehead atoms. The number of amides is 1. The highest BCUT2D eigenvalue weighted by molar-refractivity contribution is 6.03. The Labute approximate surface area is 169 Å². The number of hydrogen-bond donors (Lipinski definition) is 1. The minimum absolute atomic E-state index is 0.346. The number of fused-ring (bicyclic) bond motifs is 1. The molecule has 0 atom stereocenters. The van der Waals surface area contributed by atoms with Crippen molar-refractivity contribution in [1.29, 1.82) is 0 Å². The van der Waals surface area contributed by atoms with Crippen LogP contribution in [-0.4, -0.2) is 32.9 Å². The van der Waals surface area contributed by atoms with Gasteiger partial charge in [-0.1, -0.05) is 43.0 Å². The third-order valence-electron chi connectivity index (χ3n) is 4.29. The van der Waals surface area contributed by atoms with Gasteiger partial charge in [0.15, 0.2) is 11.5 Å². The van der Waals surface area contributed by atoms with E-state index in [0.717, 1.165) is 16.3 Å². The summed E-state index contributed by atoms with van der Waals surface area (Å²) in [7, 11) is 3.12. The van der Waals surface area contributed by atoms with Crippen molar-refractivity contribution < 1.29 is 19.0 Å². The van der Waals surface area contributed by atoms with Crippen molar-refractivity contribution in [2.24, 2.45) is 5.10 Å². The Morgan fingerprint density at radius 3 is 2.55 bits per heavy atom. The number of nitrogens with zero attached hydrogens (tertiary/aromatic N) is 1. The van der Waals surface area contributed by atoms with E-state index in [2.05, 4.69) is 17.1 Å². The number of hydrogen-bond acceptors (Lipinski definition) is 5. The van der Waals surface area contributed by atoms with Crippen LogP contribution in [0.15, 0.2) is 72.4 Å². The van der Waals surface area contributed by atoms with Crippen LogP contribution in [0, 0.1) is 0 Å². The average Bonchev–Trinajstić information content (AvgIpc) is 2.77. The van der Waals surface area contributed by atoms with Crippen LogP contribution in [-0.2, 0) is 0 Å². The van der Waals surface area contributed by atoms with Crippen LogP contribution >= 0.6 is 0 Å². The zero-order valence-electron chi connectivity index (χ0n) is 16.3. The molecular weight excluding hydrogens is 368 g/mol. The van der Waals surface area contributed by atoms with Crippen molar-refractivity contribution in [2.75, 3.05) is 20.8 Å². The Morgan fingerprint density at radius 2 is 1.79 bits per heavy atom. The third-order valence-corrected chi connectivity index (χ3v) is 4.29. The summed E-state index contributed by atoms with van der Waals surface area (Å²) in [4.78, 5) is 12.5. The molecule has 0 aliphatic carbocycles. The van der Waals surface area contributed by atoms with E-state index in [-0.39, 0.29) is 5.91 Å². The molecule has 6 nitrogen and oxygen atoms in total. The molecule has 3 aromatic rings. The van der Waals surface area contributed by atoms with Crippen LogP contribution < -0.4 is 19.6 Å². The molecule has 0 fully saturated rings. The van der Waals surface area contributed by atoms with Gasteiger partial charge in [0.05, 0.1) is 20.4 Å². The molecule has 0 heterocycles. The first kappa shape index (κ1) is 19.9. The predicted octanol–water partition coefficient (Wildman–Crippen LogP) is 4.19. The van der Waals surface area contributed by atoms with Crippen LogP contribution in [0.3, 0.4) is 0 Å². The summed E-state index contributed by atoms with van der Waals surface area (Å²) in [5.74, 6) is 1.30. The molecule has 1 N–H and O–H groups in total. The molecule has 0 spiro atoms. The van der Waals surface area contributed by atoms with Gasteiger partial charge in [0, 0.05) is 11.1 Å². The van der Waals surface area contributed by atoms with Crippen LogP contribution in [0.1, 0.15) is 15.9 Å². The van der Waals surface area contributed by atoms with Gasteiger partial charge in [-0.05, 0) is 35.0 Å². The van der Waals surface area contributed by atoms with Gasteiger partial charge in [0.1, 0.15) is 12.4 Å². The molecule has 0 aliphatic rings. The Kier molecular flexibility index (Phi) is 6.47. The van der Waals surface area contributed by atoms with Crippen molar-refractivity contribution in [3.8, 4) is 17.2 Å². The molecule has 0 unspecified atom stereocenters. The molecule has 0 saturated heterocycles. The second-order valence-corrected chi connectivity index (χ2v) is 6.07. The monoisotopic (exact) mass is 390 g/mol. The number of carbonyl (C=O) groups excluding carboxylic acids is 1. The van der Waals surface area contributed by atoms with Gasteiger partial charge in [-0.25, -0.2) is 5.43 Å². The van der Waals surface area contributed by atoms with E-state index in [1.807, 2.05) is 36.4 Å². The van der Waals surface area contributed by atoms with E-state index >= 15 is 0 Å². The Bertz CT molecular complexity index is 1060. The van der Waals surface area contributed by atoms with Crippen molar-refractivity contribution in [3.63, 3.8) is 0 Å². The van der Waals surface area contributed by atoms with Crippen molar-refractivity contribution in [2.45, 2.75) is 0 Å². The fourth-order valence-electron chi connectivity index (χ4n) is 2.88. The van der Waals surface area contributed by atoms with E-state index in [1.54, 1.807) is 37.6 Å². The maximum Gasteiger partial charge on any atom is 0.271 e. The standard InChI is InChI=1S/C23H22N2O4/c1-4-13-29-21-12-10-17(14-22(21)28-3)23(26)25-24-15-19-18-8-6-5-7-16(18)9-11-20(19)27-2/h4-12,14-15H,1,13H2,2-3H3,(H,25,26). The number of hydrazone groups is 1. The normalized spacial score (nSPS) is 10.7. The van der Waals surface area contributed by atoms with E-state index in [1.165, 1.54) is 7.11 Å². The molecule has 29 heavy (non-hydrogen) atoms. The minimum atomic E-state index is -0.367. The smallest absolute Gasteiger partial charge is 0.271 e. The molecule has 1 amide bonds. The van der Waals surface area contributed by atoms with E-state index in [4.69, 9.17) is 14.2 Å². The number of ether oxygens (including phenoxy) is 3. The lowest BCUT2D eigenvalue weighted by atomic mass is 10.0. The van der Waals surface area contributed by atoms with Crippen molar-refractivity contribution in [1.82, 2.24) is 5.43 Å². The first-order chi connectivity index (χ1) is 14.2. The van der Waals surface area contributed by atoms with E-state index in [9.17, 15) is 4.79 Å². The topological polar surface area (TPSA) is 69.2 Å². The van der Waals surface area contributed by atoms with Gasteiger partial charge in [0.2, 0.25) is 0 Å². The largest absolute Gasteiger partial charge is 0.496 e. The number of rotatable bonds is 8. The maximum atomic E-state index is 12.5. The Morgan fingerprint density at radius 1 is 1.03 bits per heavy atom. The highest BCUT2D eigenvalue weighted by Gasteiger charge is 2.11. The third kappa shape index (κ3) is 4.55. The first-order valence-corrected chi connectivity index (χ1v) is 8.98. The van der Waals surface area contributed by atoms with E-state index < -0.39 is 0 Å². The predicted molar refractivity (Wildman–Crippen MR) is 114 cm³/mol. The molecular formula is C23H22N2O4. The Hall–Kier alpha value is -3.80. The van der Waals surface area contributed by atoms with Gasteiger partial charge in [-0.15, -0.1) is 0 Å². The number of nitrogens with one attached hydrogen (secondary N) is 1. The lowest BCUT2D eigenvalue weighted by molar-refractivity contribution is 0.0954. The second-order valence-electron chi connectivity index (χ2n) is 6.07. The molecule has 0 aliphatic heterocycles. The maximum absolute atomic E-state index is 12.5. The van der Waals surface area contributed by atoms with Crippen molar-refractivity contribution in [3.05, 3.63) is 78.4 Å². The van der Waals surface area contributed by atoms with Gasteiger partial charge in [0.25, 0.3) is 5.91 Å². The van der Waals surface area contributed by atoms with Gasteiger partial charge in [-0.3, -0.25) is 4.79 Å². The number of benzene rings is 3. The summed E-state index contributed by atoms with van der Waals surface area (Å²) in [6, 6.07) is 16.7. The summed E-state index contributed by atoms with van der Waals surface area (Å²) in [5.41, 5.74) is 3.73. The van der Waals surface area contributed by atoms with E-state index in [0.29, 0.717) is 29.4 Å². The molecule has 0 radical (unpaired) electrons. The fraction of sp³-hybridized carbons (Fsp3) is 0.130. The summed E-state index contributed by atoms with van der Waals surface area (Å²) in [6.07, 6.45) is 3.22. The minimum Gasteiger partial charge on any atom is -0.496 e.